The van der Waals surface area contributed by atoms with Crippen LogP contribution in [0.4, 0.5) is 5.69 Å². The van der Waals surface area contributed by atoms with E-state index < -0.39 is 5.25 Å². The number of hydrogen-bond donors (Lipinski definition) is 2. The summed E-state index contributed by atoms with van der Waals surface area (Å²) in [5.41, 5.74) is 5.36. The fourth-order valence-electron chi connectivity index (χ4n) is 2.99. The molecule has 4 aromatic rings. The number of nitrogens with one attached hydrogen (secondary N) is 2. The van der Waals surface area contributed by atoms with Gasteiger partial charge in [-0.3, -0.25) is 14.3 Å². The summed E-state index contributed by atoms with van der Waals surface area (Å²) in [7, 11) is 0. The van der Waals surface area contributed by atoms with Crippen LogP contribution < -0.4 is 10.7 Å². The van der Waals surface area contributed by atoms with Crippen LogP contribution in [0.25, 0.3) is 5.69 Å². The van der Waals surface area contributed by atoms with E-state index >= 15 is 0 Å². The second kappa shape index (κ2) is 11.1. The first-order chi connectivity index (χ1) is 16.2. The van der Waals surface area contributed by atoms with Crippen LogP contribution in [-0.2, 0) is 11.3 Å². The molecule has 2 N–H and O–H groups in total. The second-order valence-corrected chi connectivity index (χ2v) is 8.37. The minimum Gasteiger partial charge on any atom is -0.378 e. The van der Waals surface area contributed by atoms with Gasteiger partial charge < -0.3 is 5.32 Å². The van der Waals surface area contributed by atoms with Crippen LogP contribution in [0.15, 0.2) is 95.4 Å². The zero-order valence-electron chi connectivity index (χ0n) is 18.0. The third-order valence-electron chi connectivity index (χ3n) is 4.69. The van der Waals surface area contributed by atoms with Gasteiger partial charge in [0.25, 0.3) is 5.91 Å². The Bertz CT molecular complexity index is 1200. The lowest BCUT2D eigenvalue weighted by Gasteiger charge is -2.13. The van der Waals surface area contributed by atoms with Crippen molar-refractivity contribution in [3.05, 3.63) is 96.6 Å². The molecule has 0 aliphatic heterocycles. The Labute approximate surface area is 196 Å². The van der Waals surface area contributed by atoms with Crippen molar-refractivity contribution in [2.75, 3.05) is 5.32 Å². The number of anilines is 1. The number of thioether (sulfide) groups is 1. The van der Waals surface area contributed by atoms with Crippen LogP contribution in [-0.4, -0.2) is 37.1 Å². The molecule has 2 aromatic heterocycles. The molecule has 4 rings (SSSR count). The number of carbonyl (C=O) groups is 1. The molecule has 0 spiro atoms. The van der Waals surface area contributed by atoms with E-state index in [0.717, 1.165) is 22.8 Å². The molecular weight excluding hydrogens is 434 g/mol. The monoisotopic (exact) mass is 457 g/mol. The topological polar surface area (TPSA) is 97.1 Å². The lowest BCUT2D eigenvalue weighted by Crippen LogP contribution is -2.27. The van der Waals surface area contributed by atoms with Crippen LogP contribution in [0.2, 0.25) is 0 Å². The van der Waals surface area contributed by atoms with Gasteiger partial charge in [-0.25, -0.2) is 5.43 Å². The smallest absolute Gasteiger partial charge is 0.253 e. The number of rotatable bonds is 9. The van der Waals surface area contributed by atoms with Crippen molar-refractivity contribution >= 4 is 29.6 Å². The summed E-state index contributed by atoms with van der Waals surface area (Å²) in [5, 5.41) is 16.4. The van der Waals surface area contributed by atoms with Crippen LogP contribution in [0.1, 0.15) is 18.3 Å². The summed E-state index contributed by atoms with van der Waals surface area (Å²) < 4.78 is 1.96. The van der Waals surface area contributed by atoms with E-state index in [2.05, 4.69) is 31.0 Å². The molecule has 1 amide bonds. The zero-order valence-corrected chi connectivity index (χ0v) is 18.8. The van der Waals surface area contributed by atoms with Gasteiger partial charge in [-0.1, -0.05) is 48.2 Å². The predicted molar refractivity (Wildman–Crippen MR) is 130 cm³/mol. The number of benzene rings is 2. The first-order valence-electron chi connectivity index (χ1n) is 10.4. The van der Waals surface area contributed by atoms with Crippen LogP contribution in [0, 0.1) is 0 Å². The number of amides is 1. The molecule has 0 aliphatic rings. The molecule has 0 unspecified atom stereocenters. The predicted octanol–water partition coefficient (Wildman–Crippen LogP) is 3.91. The molecule has 0 fully saturated rings. The molecular formula is C24H23N7OS. The summed E-state index contributed by atoms with van der Waals surface area (Å²) >= 11 is 1.33. The normalized spacial score (nSPS) is 11.9. The van der Waals surface area contributed by atoms with Gasteiger partial charge in [0.2, 0.25) is 0 Å². The quantitative estimate of drug-likeness (QED) is 0.225. The molecule has 166 valence electrons. The highest BCUT2D eigenvalue weighted by Gasteiger charge is 2.21. The average Bonchev–Trinajstić information content (AvgIpc) is 3.26. The number of aromatic nitrogens is 4. The van der Waals surface area contributed by atoms with Crippen molar-refractivity contribution in [2.24, 2.45) is 5.10 Å². The van der Waals surface area contributed by atoms with E-state index in [9.17, 15) is 4.79 Å². The summed E-state index contributed by atoms with van der Waals surface area (Å²) in [6.45, 7) is 2.30. The van der Waals surface area contributed by atoms with Gasteiger partial charge in [-0.2, -0.15) is 5.10 Å². The van der Waals surface area contributed by atoms with Crippen molar-refractivity contribution in [3.8, 4) is 5.69 Å². The van der Waals surface area contributed by atoms with Gasteiger partial charge in [0, 0.05) is 23.8 Å². The van der Waals surface area contributed by atoms with Crippen LogP contribution in [0.3, 0.4) is 0 Å². The van der Waals surface area contributed by atoms with Gasteiger partial charge >= 0.3 is 0 Å². The van der Waals surface area contributed by atoms with Gasteiger partial charge in [0.15, 0.2) is 11.0 Å². The number of hydrazone groups is 1. The largest absolute Gasteiger partial charge is 0.378 e. The van der Waals surface area contributed by atoms with E-state index in [1.807, 2.05) is 72.2 Å². The van der Waals surface area contributed by atoms with Gasteiger partial charge in [0.05, 0.1) is 18.0 Å². The van der Waals surface area contributed by atoms with Gasteiger partial charge in [-0.15, -0.1) is 10.2 Å². The molecule has 0 saturated heterocycles. The number of hydrogen-bond acceptors (Lipinski definition) is 7. The maximum absolute atomic E-state index is 12.6. The Morgan fingerprint density at radius 1 is 1.03 bits per heavy atom. The number of nitrogens with zero attached hydrogens (tertiary/aromatic N) is 5. The summed E-state index contributed by atoms with van der Waals surface area (Å²) in [6.07, 6.45) is 4.92. The van der Waals surface area contributed by atoms with E-state index in [4.69, 9.17) is 0 Å². The highest BCUT2D eigenvalue weighted by Crippen LogP contribution is 2.26. The van der Waals surface area contributed by atoms with Crippen molar-refractivity contribution in [1.82, 2.24) is 25.2 Å². The Kier molecular flexibility index (Phi) is 7.44. The number of pyridine rings is 1. The second-order valence-electron chi connectivity index (χ2n) is 7.06. The lowest BCUT2D eigenvalue weighted by atomic mass is 10.3. The van der Waals surface area contributed by atoms with Crippen molar-refractivity contribution in [2.45, 2.75) is 23.9 Å². The van der Waals surface area contributed by atoms with Crippen molar-refractivity contribution < 1.29 is 4.79 Å². The SMILES string of the molecule is C[C@@H](Sc1nnc(CNc2ccccc2)n1-c1ccccc1)C(=O)N/N=C\c1ccncc1. The van der Waals surface area contributed by atoms with Crippen LogP contribution in [0.5, 0.6) is 0 Å². The molecule has 2 heterocycles. The fraction of sp³-hybridized carbons (Fsp3) is 0.125. The first-order valence-corrected chi connectivity index (χ1v) is 11.3. The van der Waals surface area contributed by atoms with E-state index in [1.54, 1.807) is 30.7 Å². The van der Waals surface area contributed by atoms with Crippen molar-refractivity contribution in [1.29, 1.82) is 0 Å². The highest BCUT2D eigenvalue weighted by atomic mass is 32.2. The third kappa shape index (κ3) is 6.05. The van der Waals surface area contributed by atoms with Gasteiger partial charge in [-0.05, 0) is 48.9 Å². The molecule has 9 heteroatoms. The molecule has 0 saturated carbocycles. The molecule has 0 aliphatic carbocycles. The van der Waals surface area contributed by atoms with Crippen LogP contribution >= 0.6 is 11.8 Å². The van der Waals surface area contributed by atoms with E-state index in [-0.39, 0.29) is 5.91 Å². The Hall–Kier alpha value is -3.98. The summed E-state index contributed by atoms with van der Waals surface area (Å²) in [4.78, 5) is 16.5. The average molecular weight is 458 g/mol. The number of para-hydroxylation sites is 2. The third-order valence-corrected chi connectivity index (χ3v) is 5.73. The Morgan fingerprint density at radius 2 is 1.73 bits per heavy atom. The molecule has 1 atom stereocenters. The fourth-order valence-corrected chi connectivity index (χ4v) is 3.87. The minimum absolute atomic E-state index is 0.225. The Balaban J connectivity index is 1.47. The van der Waals surface area contributed by atoms with Gasteiger partial charge in [0.1, 0.15) is 0 Å². The summed E-state index contributed by atoms with van der Waals surface area (Å²) in [5.74, 6) is 0.521. The van der Waals surface area contributed by atoms with Crippen molar-refractivity contribution in [3.63, 3.8) is 0 Å². The maximum Gasteiger partial charge on any atom is 0.253 e. The molecule has 0 radical (unpaired) electrons. The standard InChI is InChI=1S/C24H23N7OS/c1-18(23(32)29-27-16-19-12-14-25-15-13-19)33-24-30-28-22(17-26-20-8-4-2-5-9-20)31(24)21-10-6-3-7-11-21/h2-16,18,26H,17H2,1H3,(H,29,32)/b27-16-/t18-/m1/s1. The highest BCUT2D eigenvalue weighted by molar-refractivity contribution is 8.00. The first kappa shape index (κ1) is 22.2. The minimum atomic E-state index is -0.429. The molecule has 2 aromatic carbocycles. The van der Waals surface area contributed by atoms with E-state index in [0.29, 0.717) is 11.7 Å². The maximum atomic E-state index is 12.6. The number of carbonyl (C=O) groups excluding carboxylic acids is 1. The molecule has 8 nitrogen and oxygen atoms in total. The summed E-state index contributed by atoms with van der Waals surface area (Å²) in [6, 6.07) is 23.4. The Morgan fingerprint density at radius 3 is 2.45 bits per heavy atom. The zero-order chi connectivity index (χ0) is 22.9. The molecule has 33 heavy (non-hydrogen) atoms. The van der Waals surface area contributed by atoms with E-state index in [1.165, 1.54) is 11.8 Å². The molecule has 0 bridgehead atoms. The lowest BCUT2D eigenvalue weighted by molar-refractivity contribution is -0.120.